The standard InChI is InChI=1S/C25H29N5O3/c1-3-10-30(17-20-8-6-19(2)7-9-20)23(31)18-28-11-13-29(14-12-28)25-21(16-26)27-24(33-25)22-5-4-15-32-22/h4-9,15H,3,10-14,17-18H2,1-2H3. The van der Waals surface area contributed by atoms with Crippen LogP contribution in [0.2, 0.25) is 0 Å². The molecule has 0 unspecified atom stereocenters. The summed E-state index contributed by atoms with van der Waals surface area (Å²) in [5, 5.41) is 9.49. The summed E-state index contributed by atoms with van der Waals surface area (Å²) in [6, 6.07) is 14.0. The van der Waals surface area contributed by atoms with Crippen LogP contribution >= 0.6 is 0 Å². The van der Waals surface area contributed by atoms with E-state index < -0.39 is 0 Å². The van der Waals surface area contributed by atoms with Crippen LogP contribution in [0.5, 0.6) is 0 Å². The van der Waals surface area contributed by atoms with E-state index in [9.17, 15) is 10.1 Å². The monoisotopic (exact) mass is 447 g/mol. The van der Waals surface area contributed by atoms with E-state index in [-0.39, 0.29) is 11.6 Å². The molecule has 0 spiro atoms. The maximum absolute atomic E-state index is 13.0. The summed E-state index contributed by atoms with van der Waals surface area (Å²) in [7, 11) is 0. The summed E-state index contributed by atoms with van der Waals surface area (Å²) < 4.78 is 11.2. The molecule has 1 aliphatic heterocycles. The fourth-order valence-corrected chi connectivity index (χ4v) is 3.98. The van der Waals surface area contributed by atoms with E-state index in [1.165, 1.54) is 5.56 Å². The van der Waals surface area contributed by atoms with Crippen molar-refractivity contribution in [2.45, 2.75) is 26.8 Å². The molecule has 1 fully saturated rings. The highest BCUT2D eigenvalue weighted by Gasteiger charge is 2.27. The molecule has 0 aliphatic carbocycles. The zero-order valence-corrected chi connectivity index (χ0v) is 19.2. The van der Waals surface area contributed by atoms with E-state index in [2.05, 4.69) is 54.1 Å². The Hall–Kier alpha value is -3.57. The Morgan fingerprint density at radius 1 is 1.18 bits per heavy atom. The molecular formula is C25H29N5O3. The minimum absolute atomic E-state index is 0.142. The predicted molar refractivity (Wildman–Crippen MR) is 124 cm³/mol. The largest absolute Gasteiger partial charge is 0.459 e. The highest BCUT2D eigenvalue weighted by Crippen LogP contribution is 2.29. The number of aryl methyl sites for hydroxylation is 1. The number of benzene rings is 1. The fraction of sp³-hybridized carbons (Fsp3) is 0.400. The van der Waals surface area contributed by atoms with Crippen molar-refractivity contribution in [3.8, 4) is 17.7 Å². The van der Waals surface area contributed by atoms with Crippen molar-refractivity contribution in [2.75, 3.05) is 44.2 Å². The van der Waals surface area contributed by atoms with Gasteiger partial charge in [-0.05, 0) is 31.0 Å². The zero-order chi connectivity index (χ0) is 23.2. The Morgan fingerprint density at radius 3 is 2.58 bits per heavy atom. The third kappa shape index (κ3) is 5.44. The number of nitrogens with zero attached hydrogens (tertiary/aromatic N) is 5. The molecule has 8 nitrogen and oxygen atoms in total. The number of hydrogen-bond acceptors (Lipinski definition) is 7. The van der Waals surface area contributed by atoms with E-state index in [0.29, 0.717) is 56.8 Å². The third-order valence-corrected chi connectivity index (χ3v) is 5.81. The van der Waals surface area contributed by atoms with Gasteiger partial charge in [0.15, 0.2) is 5.76 Å². The SMILES string of the molecule is CCCN(Cc1ccc(C)cc1)C(=O)CN1CCN(c2oc(-c3ccco3)nc2C#N)CC1. The fourth-order valence-electron chi connectivity index (χ4n) is 3.98. The van der Waals surface area contributed by atoms with Crippen LogP contribution in [0.15, 0.2) is 51.5 Å². The van der Waals surface area contributed by atoms with Crippen molar-refractivity contribution in [3.63, 3.8) is 0 Å². The lowest BCUT2D eigenvalue weighted by molar-refractivity contribution is -0.133. The maximum atomic E-state index is 13.0. The maximum Gasteiger partial charge on any atom is 0.266 e. The van der Waals surface area contributed by atoms with Crippen molar-refractivity contribution in [3.05, 3.63) is 59.5 Å². The lowest BCUT2D eigenvalue weighted by Gasteiger charge is -2.35. The van der Waals surface area contributed by atoms with Gasteiger partial charge in [-0.25, -0.2) is 0 Å². The summed E-state index contributed by atoms with van der Waals surface area (Å²) in [4.78, 5) is 23.4. The number of piperazine rings is 1. The number of oxazole rings is 1. The average Bonchev–Trinajstić information content (AvgIpc) is 3.50. The van der Waals surface area contributed by atoms with Crippen LogP contribution in [-0.4, -0.2) is 60.0 Å². The summed E-state index contributed by atoms with van der Waals surface area (Å²) in [6.07, 6.45) is 2.47. The normalized spacial score (nSPS) is 14.3. The van der Waals surface area contributed by atoms with Gasteiger partial charge in [-0.2, -0.15) is 10.2 Å². The number of amides is 1. The first-order valence-electron chi connectivity index (χ1n) is 11.3. The van der Waals surface area contributed by atoms with Gasteiger partial charge in [0.1, 0.15) is 6.07 Å². The lowest BCUT2D eigenvalue weighted by atomic mass is 10.1. The molecule has 8 heteroatoms. The number of carbonyl (C=O) groups is 1. The second-order valence-electron chi connectivity index (χ2n) is 8.33. The molecule has 1 saturated heterocycles. The molecule has 3 aromatic rings. The molecule has 1 amide bonds. The number of anilines is 1. The molecule has 0 bridgehead atoms. The van der Waals surface area contributed by atoms with E-state index in [1.54, 1.807) is 18.4 Å². The van der Waals surface area contributed by atoms with Gasteiger partial charge in [-0.3, -0.25) is 9.69 Å². The molecule has 4 rings (SSSR count). The van der Waals surface area contributed by atoms with Gasteiger partial charge in [0.25, 0.3) is 5.89 Å². The number of furan rings is 1. The number of nitriles is 1. The van der Waals surface area contributed by atoms with Crippen LogP contribution in [0.1, 0.15) is 30.2 Å². The van der Waals surface area contributed by atoms with Crippen LogP contribution in [0.25, 0.3) is 11.7 Å². The summed E-state index contributed by atoms with van der Waals surface area (Å²) in [6.45, 7) is 8.64. The molecule has 2 aromatic heterocycles. The molecule has 1 aliphatic rings. The second-order valence-corrected chi connectivity index (χ2v) is 8.33. The first-order chi connectivity index (χ1) is 16.1. The molecule has 3 heterocycles. The van der Waals surface area contributed by atoms with Crippen LogP contribution < -0.4 is 4.90 Å². The van der Waals surface area contributed by atoms with E-state index >= 15 is 0 Å². The minimum Gasteiger partial charge on any atom is -0.459 e. The summed E-state index contributed by atoms with van der Waals surface area (Å²) in [5.41, 5.74) is 2.61. The molecule has 172 valence electrons. The molecule has 0 atom stereocenters. The van der Waals surface area contributed by atoms with Crippen LogP contribution in [0.4, 0.5) is 5.88 Å². The first-order valence-corrected chi connectivity index (χ1v) is 11.3. The van der Waals surface area contributed by atoms with Crippen LogP contribution in [-0.2, 0) is 11.3 Å². The van der Waals surface area contributed by atoms with Gasteiger partial charge in [-0.15, -0.1) is 0 Å². The number of aromatic nitrogens is 1. The molecule has 33 heavy (non-hydrogen) atoms. The van der Waals surface area contributed by atoms with Crippen molar-refractivity contribution < 1.29 is 13.6 Å². The van der Waals surface area contributed by atoms with Gasteiger partial charge in [0.05, 0.1) is 12.8 Å². The predicted octanol–water partition coefficient (Wildman–Crippen LogP) is 3.68. The van der Waals surface area contributed by atoms with Crippen LogP contribution in [0, 0.1) is 18.3 Å². The minimum atomic E-state index is 0.142. The molecular weight excluding hydrogens is 418 g/mol. The van der Waals surface area contributed by atoms with Gasteiger partial charge in [0.2, 0.25) is 17.5 Å². The van der Waals surface area contributed by atoms with E-state index in [1.807, 2.05) is 9.80 Å². The summed E-state index contributed by atoms with van der Waals surface area (Å²) in [5.74, 6) is 1.40. The lowest BCUT2D eigenvalue weighted by Crippen LogP contribution is -2.50. The van der Waals surface area contributed by atoms with Gasteiger partial charge in [0, 0.05) is 39.3 Å². The Balaban J connectivity index is 1.35. The Morgan fingerprint density at radius 2 is 1.94 bits per heavy atom. The van der Waals surface area contributed by atoms with Crippen molar-refractivity contribution in [1.82, 2.24) is 14.8 Å². The third-order valence-electron chi connectivity index (χ3n) is 5.81. The highest BCUT2D eigenvalue weighted by atomic mass is 16.4. The molecule has 0 radical (unpaired) electrons. The second kappa shape index (κ2) is 10.4. The molecule has 1 aromatic carbocycles. The van der Waals surface area contributed by atoms with Crippen molar-refractivity contribution in [1.29, 1.82) is 5.26 Å². The van der Waals surface area contributed by atoms with Gasteiger partial charge in [-0.1, -0.05) is 36.8 Å². The van der Waals surface area contributed by atoms with E-state index in [4.69, 9.17) is 8.83 Å². The molecule has 0 N–H and O–H groups in total. The summed E-state index contributed by atoms with van der Waals surface area (Å²) >= 11 is 0. The molecule has 0 saturated carbocycles. The Bertz CT molecular complexity index is 1090. The number of carbonyl (C=O) groups excluding carboxylic acids is 1. The van der Waals surface area contributed by atoms with Gasteiger partial charge < -0.3 is 18.6 Å². The highest BCUT2D eigenvalue weighted by molar-refractivity contribution is 5.78. The first kappa shape index (κ1) is 22.6. The Kier molecular flexibility index (Phi) is 7.10. The van der Waals surface area contributed by atoms with Gasteiger partial charge >= 0.3 is 0 Å². The average molecular weight is 448 g/mol. The van der Waals surface area contributed by atoms with E-state index in [0.717, 1.165) is 18.5 Å². The number of rotatable bonds is 8. The van der Waals surface area contributed by atoms with Crippen LogP contribution in [0.3, 0.4) is 0 Å². The number of hydrogen-bond donors (Lipinski definition) is 0. The van der Waals surface area contributed by atoms with Crippen molar-refractivity contribution in [2.24, 2.45) is 0 Å². The topological polar surface area (TPSA) is 89.8 Å². The smallest absolute Gasteiger partial charge is 0.266 e. The Labute approximate surface area is 194 Å². The zero-order valence-electron chi connectivity index (χ0n) is 19.2. The van der Waals surface area contributed by atoms with Crippen molar-refractivity contribution >= 4 is 11.8 Å². The quantitative estimate of drug-likeness (QED) is 0.520.